The zero-order valence-electron chi connectivity index (χ0n) is 9.97. The molecule has 19 heavy (non-hydrogen) atoms. The van der Waals surface area contributed by atoms with E-state index >= 15 is 0 Å². The summed E-state index contributed by atoms with van der Waals surface area (Å²) in [6.07, 6.45) is -0.358. The second-order valence-electron chi connectivity index (χ2n) is 4.10. The van der Waals surface area contributed by atoms with Crippen LogP contribution >= 0.6 is 15.9 Å². The second kappa shape index (κ2) is 5.09. The van der Waals surface area contributed by atoms with Crippen LogP contribution in [-0.2, 0) is 15.0 Å². The Balaban J connectivity index is 2.41. The molecule has 1 aliphatic rings. The van der Waals surface area contributed by atoms with E-state index < -0.39 is 21.4 Å². The molecule has 2 rings (SSSR count). The molecule has 0 radical (unpaired) electrons. The first-order chi connectivity index (χ1) is 8.84. The molecule has 1 aromatic rings. The van der Waals surface area contributed by atoms with Crippen LogP contribution in [0.4, 0.5) is 9.57 Å². The van der Waals surface area contributed by atoms with E-state index in [4.69, 9.17) is 4.74 Å². The van der Waals surface area contributed by atoms with Crippen LogP contribution in [0.3, 0.4) is 0 Å². The van der Waals surface area contributed by atoms with Gasteiger partial charge in [-0.25, -0.2) is 0 Å². The largest absolute Gasteiger partial charge is 0.495 e. The first-order valence-electron chi connectivity index (χ1n) is 5.41. The summed E-state index contributed by atoms with van der Waals surface area (Å²) in [5, 5.41) is -1.32. The molecule has 0 spiro atoms. The third kappa shape index (κ3) is 2.74. The number of methoxy groups -OCH3 is 1. The number of nitrogens with zero attached hydrogens (tertiary/aromatic N) is 1. The number of carbonyl (C=O) groups excluding carboxylic acids is 1. The summed E-state index contributed by atoms with van der Waals surface area (Å²) in [6, 6.07) is 5.06. The molecule has 1 fully saturated rings. The van der Waals surface area contributed by atoms with Crippen molar-refractivity contribution in [1.29, 1.82) is 0 Å². The van der Waals surface area contributed by atoms with Gasteiger partial charge in [-0.3, -0.25) is 4.79 Å². The van der Waals surface area contributed by atoms with Crippen molar-refractivity contribution in [3.63, 3.8) is 0 Å². The molecule has 0 bridgehead atoms. The Morgan fingerprint density at radius 1 is 1.47 bits per heavy atom. The number of hydrogen-bond donors (Lipinski definition) is 0. The highest BCUT2D eigenvalue weighted by atomic mass is 79.9. The predicted octanol–water partition coefficient (Wildman–Crippen LogP) is 1.86. The lowest BCUT2D eigenvalue weighted by molar-refractivity contribution is -0.117. The summed E-state index contributed by atoms with van der Waals surface area (Å²) in [7, 11) is -3.29. The van der Waals surface area contributed by atoms with Gasteiger partial charge in [-0.15, -0.1) is 3.89 Å². The molecule has 0 aromatic heterocycles. The van der Waals surface area contributed by atoms with E-state index in [0.29, 0.717) is 15.9 Å². The third-order valence-corrected chi connectivity index (χ3v) is 4.68. The maximum atomic E-state index is 13.0. The van der Waals surface area contributed by atoms with Crippen LogP contribution in [0.2, 0.25) is 0 Å². The molecule has 1 aliphatic heterocycles. The average molecular weight is 352 g/mol. The molecule has 104 valence electrons. The topological polar surface area (TPSA) is 63.7 Å². The summed E-state index contributed by atoms with van der Waals surface area (Å²) in [5.41, 5.74) is 0.418. The Morgan fingerprint density at radius 3 is 2.68 bits per heavy atom. The standard InChI is InChI=1S/C11H11BrFNO4S/c1-18-9-4-2-3-8(12)11(9)14-6-7(5-10(14)15)19(13,16)17/h2-4,7H,5-6H2,1H3. The van der Waals surface area contributed by atoms with E-state index in [0.717, 1.165) is 0 Å². The lowest BCUT2D eigenvalue weighted by atomic mass is 10.2. The van der Waals surface area contributed by atoms with E-state index in [9.17, 15) is 17.1 Å². The molecule has 0 aliphatic carbocycles. The highest BCUT2D eigenvalue weighted by Gasteiger charge is 2.40. The smallest absolute Gasteiger partial charge is 0.307 e. The number of amides is 1. The van der Waals surface area contributed by atoms with Gasteiger partial charge < -0.3 is 9.64 Å². The number of benzene rings is 1. The fourth-order valence-electron chi connectivity index (χ4n) is 2.00. The number of rotatable bonds is 3. The Kier molecular flexibility index (Phi) is 3.82. The van der Waals surface area contributed by atoms with Crippen LogP contribution in [-0.4, -0.2) is 33.2 Å². The summed E-state index contributed by atoms with van der Waals surface area (Å²) >= 11 is 3.28. The van der Waals surface area contributed by atoms with Crippen molar-refractivity contribution in [2.45, 2.75) is 11.7 Å². The molecule has 1 amide bonds. The van der Waals surface area contributed by atoms with E-state index in [-0.39, 0.29) is 13.0 Å². The molecule has 1 aromatic carbocycles. The number of anilines is 1. The number of ether oxygens (including phenoxy) is 1. The highest BCUT2D eigenvalue weighted by Crippen LogP contribution is 2.38. The summed E-state index contributed by atoms with van der Waals surface area (Å²) < 4.78 is 40.5. The van der Waals surface area contributed by atoms with E-state index in [1.807, 2.05) is 0 Å². The Hall–Kier alpha value is -1.15. The Morgan fingerprint density at radius 2 is 2.16 bits per heavy atom. The van der Waals surface area contributed by atoms with Crippen molar-refractivity contribution < 1.29 is 21.8 Å². The van der Waals surface area contributed by atoms with Gasteiger partial charge in [0.2, 0.25) is 5.91 Å². The van der Waals surface area contributed by atoms with E-state index in [1.165, 1.54) is 12.0 Å². The number of halogens is 2. The molecule has 5 nitrogen and oxygen atoms in total. The fraction of sp³-hybridized carbons (Fsp3) is 0.364. The van der Waals surface area contributed by atoms with Gasteiger partial charge in [-0.05, 0) is 28.1 Å². The molecular formula is C11H11BrFNO4S. The van der Waals surface area contributed by atoms with Crippen molar-refractivity contribution in [1.82, 2.24) is 0 Å². The van der Waals surface area contributed by atoms with E-state index in [2.05, 4.69) is 15.9 Å². The normalized spacial score (nSPS) is 19.8. The van der Waals surface area contributed by atoms with Crippen molar-refractivity contribution in [3.05, 3.63) is 22.7 Å². The van der Waals surface area contributed by atoms with Gasteiger partial charge in [-0.2, -0.15) is 8.42 Å². The van der Waals surface area contributed by atoms with Crippen LogP contribution in [0, 0.1) is 0 Å². The minimum atomic E-state index is -4.73. The first kappa shape index (κ1) is 14.3. The second-order valence-corrected chi connectivity index (χ2v) is 6.57. The van der Waals surface area contributed by atoms with Crippen molar-refractivity contribution in [2.24, 2.45) is 0 Å². The number of para-hydroxylation sites is 1. The monoisotopic (exact) mass is 351 g/mol. The molecule has 8 heteroatoms. The fourth-order valence-corrected chi connectivity index (χ4v) is 3.23. The number of carbonyl (C=O) groups is 1. The average Bonchev–Trinajstić information content (AvgIpc) is 2.70. The van der Waals surface area contributed by atoms with E-state index in [1.54, 1.807) is 18.2 Å². The van der Waals surface area contributed by atoms with Crippen LogP contribution in [0.25, 0.3) is 0 Å². The lowest BCUT2D eigenvalue weighted by Crippen LogP contribution is -2.27. The van der Waals surface area contributed by atoms with Crippen LogP contribution in [0.1, 0.15) is 6.42 Å². The third-order valence-electron chi connectivity index (χ3n) is 2.93. The minimum Gasteiger partial charge on any atom is -0.495 e. The van der Waals surface area contributed by atoms with Crippen LogP contribution in [0.5, 0.6) is 5.75 Å². The summed E-state index contributed by atoms with van der Waals surface area (Å²) in [4.78, 5) is 13.1. The van der Waals surface area contributed by atoms with Gasteiger partial charge in [0, 0.05) is 17.4 Å². The van der Waals surface area contributed by atoms with Gasteiger partial charge in [-0.1, -0.05) is 6.07 Å². The molecule has 0 N–H and O–H groups in total. The highest BCUT2D eigenvalue weighted by molar-refractivity contribution is 9.10. The SMILES string of the molecule is COc1cccc(Br)c1N1CC(S(=O)(=O)F)CC1=O. The van der Waals surface area contributed by atoms with Gasteiger partial charge >= 0.3 is 10.2 Å². The molecule has 1 unspecified atom stereocenters. The zero-order chi connectivity index (χ0) is 14.2. The lowest BCUT2D eigenvalue weighted by Gasteiger charge is -2.20. The maximum absolute atomic E-state index is 13.0. The maximum Gasteiger partial charge on any atom is 0.307 e. The minimum absolute atomic E-state index is 0.212. The molecule has 1 saturated heterocycles. The Bertz CT molecular complexity index is 619. The quantitative estimate of drug-likeness (QED) is 0.779. The summed E-state index contributed by atoms with van der Waals surface area (Å²) in [5.74, 6) is -0.0314. The van der Waals surface area contributed by atoms with Crippen molar-refractivity contribution in [2.75, 3.05) is 18.6 Å². The van der Waals surface area contributed by atoms with Crippen LogP contribution in [0.15, 0.2) is 22.7 Å². The predicted molar refractivity (Wildman–Crippen MR) is 71.5 cm³/mol. The van der Waals surface area contributed by atoms with Gasteiger partial charge in [0.05, 0.1) is 7.11 Å². The summed E-state index contributed by atoms with van der Waals surface area (Å²) in [6.45, 7) is -0.212. The first-order valence-corrected chi connectivity index (χ1v) is 7.65. The van der Waals surface area contributed by atoms with Gasteiger partial charge in [0.25, 0.3) is 0 Å². The number of hydrogen-bond acceptors (Lipinski definition) is 4. The molecule has 0 saturated carbocycles. The van der Waals surface area contributed by atoms with Gasteiger partial charge in [0.1, 0.15) is 16.7 Å². The van der Waals surface area contributed by atoms with Crippen molar-refractivity contribution >= 4 is 37.7 Å². The van der Waals surface area contributed by atoms with Crippen molar-refractivity contribution in [3.8, 4) is 5.75 Å². The Labute approximate surface area is 118 Å². The molecular weight excluding hydrogens is 341 g/mol. The molecule has 1 atom stereocenters. The van der Waals surface area contributed by atoms with Gasteiger partial charge in [0.15, 0.2) is 0 Å². The zero-order valence-corrected chi connectivity index (χ0v) is 12.4. The molecule has 1 heterocycles. The van der Waals surface area contributed by atoms with Crippen LogP contribution < -0.4 is 9.64 Å².